The number of anilines is 1. The van der Waals surface area contributed by atoms with Crippen molar-refractivity contribution in [2.75, 3.05) is 11.9 Å². The van der Waals surface area contributed by atoms with E-state index in [-0.39, 0.29) is 12.6 Å². The highest BCUT2D eigenvalue weighted by Crippen LogP contribution is 2.14. The minimum atomic E-state index is -0.552. The van der Waals surface area contributed by atoms with Crippen molar-refractivity contribution in [1.82, 2.24) is 15.1 Å². The molecule has 1 rings (SSSR count). The average molecular weight is 268 g/mol. The molecule has 0 atom stereocenters. The minimum Gasteiger partial charge on any atom is -0.394 e. The normalized spacial score (nSPS) is 11.4. The fraction of sp³-hybridized carbons (Fsp3) is 0.692. The van der Waals surface area contributed by atoms with E-state index >= 15 is 0 Å². The van der Waals surface area contributed by atoms with E-state index < -0.39 is 5.54 Å². The molecule has 3 N–H and O–H groups in total. The lowest BCUT2D eigenvalue weighted by atomic mass is 9.94. The summed E-state index contributed by atoms with van der Waals surface area (Å²) < 4.78 is 1.79. The molecule has 2 amide bonds. The van der Waals surface area contributed by atoms with Crippen molar-refractivity contribution in [3.05, 3.63) is 12.4 Å². The zero-order valence-electron chi connectivity index (χ0n) is 11.9. The third-order valence-electron chi connectivity index (χ3n) is 3.38. The highest BCUT2D eigenvalue weighted by atomic mass is 16.3. The van der Waals surface area contributed by atoms with Gasteiger partial charge >= 0.3 is 6.03 Å². The molecule has 1 aromatic rings. The molecule has 0 fully saturated rings. The van der Waals surface area contributed by atoms with E-state index in [0.29, 0.717) is 18.5 Å². The molecule has 1 aromatic heterocycles. The number of aliphatic hydroxyl groups excluding tert-OH is 1. The number of nitrogens with one attached hydrogen (secondary N) is 2. The maximum atomic E-state index is 11.9. The number of urea groups is 1. The zero-order chi connectivity index (χ0) is 14.3. The Kier molecular flexibility index (Phi) is 5.82. The number of carbonyl (C=O) groups excluding carboxylic acids is 1. The molecule has 108 valence electrons. The third-order valence-corrected chi connectivity index (χ3v) is 3.38. The predicted octanol–water partition coefficient (Wildman–Crippen LogP) is 1.97. The summed E-state index contributed by atoms with van der Waals surface area (Å²) in [4.78, 5) is 11.9. The molecule has 0 radical (unpaired) electrons. The maximum Gasteiger partial charge on any atom is 0.319 e. The van der Waals surface area contributed by atoms with Gasteiger partial charge in [-0.25, -0.2) is 4.79 Å². The molecule has 0 aliphatic rings. The molecule has 0 bridgehead atoms. The first-order valence-corrected chi connectivity index (χ1v) is 6.81. The van der Waals surface area contributed by atoms with Crippen molar-refractivity contribution >= 4 is 11.7 Å². The largest absolute Gasteiger partial charge is 0.394 e. The molecule has 0 saturated heterocycles. The van der Waals surface area contributed by atoms with Crippen LogP contribution in [0.4, 0.5) is 10.5 Å². The number of aromatic nitrogens is 2. The Balaban J connectivity index is 2.58. The number of nitrogens with zero attached hydrogens (tertiary/aromatic N) is 2. The predicted molar refractivity (Wildman–Crippen MR) is 75.1 cm³/mol. The Morgan fingerprint density at radius 2 is 2.11 bits per heavy atom. The molecule has 6 heteroatoms. The Labute approximate surface area is 114 Å². The van der Waals surface area contributed by atoms with Gasteiger partial charge in [-0.2, -0.15) is 5.10 Å². The average Bonchev–Trinajstić information content (AvgIpc) is 2.84. The first-order chi connectivity index (χ1) is 9.09. The summed E-state index contributed by atoms with van der Waals surface area (Å²) in [6, 6.07) is -0.311. The SMILES string of the molecule is CCCn1cc(NC(=O)NC(CC)(CC)CO)cn1. The first kappa shape index (κ1) is 15.5. The van der Waals surface area contributed by atoms with Crippen LogP contribution < -0.4 is 10.6 Å². The van der Waals surface area contributed by atoms with Crippen molar-refractivity contribution < 1.29 is 9.90 Å². The highest BCUT2D eigenvalue weighted by molar-refractivity contribution is 5.89. The van der Waals surface area contributed by atoms with E-state index in [0.717, 1.165) is 13.0 Å². The monoisotopic (exact) mass is 268 g/mol. The third kappa shape index (κ3) is 4.24. The van der Waals surface area contributed by atoms with E-state index in [4.69, 9.17) is 0 Å². The quantitative estimate of drug-likeness (QED) is 0.707. The number of hydrogen-bond donors (Lipinski definition) is 3. The van der Waals surface area contributed by atoms with E-state index in [9.17, 15) is 9.90 Å². The van der Waals surface area contributed by atoms with Crippen LogP contribution in [0.15, 0.2) is 12.4 Å². The van der Waals surface area contributed by atoms with Gasteiger partial charge in [0.25, 0.3) is 0 Å². The molecule has 1 heterocycles. The molecule has 0 saturated carbocycles. The molecule has 19 heavy (non-hydrogen) atoms. The fourth-order valence-corrected chi connectivity index (χ4v) is 1.87. The van der Waals surface area contributed by atoms with Crippen LogP contribution in [0.3, 0.4) is 0 Å². The zero-order valence-corrected chi connectivity index (χ0v) is 11.9. The Morgan fingerprint density at radius 3 is 2.63 bits per heavy atom. The molecule has 6 nitrogen and oxygen atoms in total. The van der Waals surface area contributed by atoms with Gasteiger partial charge in [0.15, 0.2) is 0 Å². The maximum absolute atomic E-state index is 11.9. The number of aliphatic hydroxyl groups is 1. The van der Waals surface area contributed by atoms with Gasteiger partial charge in [0.1, 0.15) is 0 Å². The lowest BCUT2D eigenvalue weighted by molar-refractivity contribution is 0.155. The summed E-state index contributed by atoms with van der Waals surface area (Å²) in [6.45, 7) is 6.72. The van der Waals surface area contributed by atoms with E-state index in [1.807, 2.05) is 13.8 Å². The van der Waals surface area contributed by atoms with Gasteiger partial charge in [-0.3, -0.25) is 4.68 Å². The number of aryl methyl sites for hydroxylation is 1. The molecule has 0 aliphatic carbocycles. The van der Waals surface area contributed by atoms with Crippen molar-refractivity contribution in [2.45, 2.75) is 52.1 Å². The highest BCUT2D eigenvalue weighted by Gasteiger charge is 2.27. The standard InChI is InChI=1S/C13H24N4O2/c1-4-7-17-9-11(8-14-17)15-12(19)16-13(5-2,6-3)10-18/h8-9,18H,4-7,10H2,1-3H3,(H2,15,16,19). The van der Waals surface area contributed by atoms with Gasteiger partial charge in [0.2, 0.25) is 0 Å². The summed E-state index contributed by atoms with van der Waals surface area (Å²) in [6.07, 6.45) is 5.77. The van der Waals surface area contributed by atoms with Gasteiger partial charge < -0.3 is 15.7 Å². The lowest BCUT2D eigenvalue weighted by Crippen LogP contribution is -2.51. The summed E-state index contributed by atoms with van der Waals surface area (Å²) in [5.74, 6) is 0. The number of hydrogen-bond acceptors (Lipinski definition) is 3. The van der Waals surface area contributed by atoms with Crippen LogP contribution >= 0.6 is 0 Å². The van der Waals surface area contributed by atoms with E-state index in [1.54, 1.807) is 17.1 Å². The molecule has 0 unspecified atom stereocenters. The van der Waals surface area contributed by atoms with Gasteiger partial charge in [0, 0.05) is 12.7 Å². The van der Waals surface area contributed by atoms with Crippen molar-refractivity contribution in [3.63, 3.8) is 0 Å². The summed E-state index contributed by atoms with van der Waals surface area (Å²) in [7, 11) is 0. The van der Waals surface area contributed by atoms with Crippen LogP contribution in [0.25, 0.3) is 0 Å². The molecule has 0 aliphatic heterocycles. The Bertz CT molecular complexity index is 391. The second-order valence-electron chi connectivity index (χ2n) is 4.72. The first-order valence-electron chi connectivity index (χ1n) is 6.81. The van der Waals surface area contributed by atoms with Crippen LogP contribution in [-0.4, -0.2) is 33.1 Å². The van der Waals surface area contributed by atoms with Crippen molar-refractivity contribution in [1.29, 1.82) is 0 Å². The van der Waals surface area contributed by atoms with Crippen LogP contribution in [0.1, 0.15) is 40.0 Å². The topological polar surface area (TPSA) is 79.2 Å². The van der Waals surface area contributed by atoms with Crippen LogP contribution in [0, 0.1) is 0 Å². The number of rotatable bonds is 7. The van der Waals surface area contributed by atoms with Crippen molar-refractivity contribution in [2.24, 2.45) is 0 Å². The smallest absolute Gasteiger partial charge is 0.319 e. The van der Waals surface area contributed by atoms with Crippen LogP contribution in [-0.2, 0) is 6.54 Å². The molecular weight excluding hydrogens is 244 g/mol. The summed E-state index contributed by atoms with van der Waals surface area (Å²) >= 11 is 0. The van der Waals surface area contributed by atoms with Crippen LogP contribution in [0.5, 0.6) is 0 Å². The van der Waals surface area contributed by atoms with E-state index in [1.165, 1.54) is 0 Å². The second kappa shape index (κ2) is 7.13. The number of carbonyl (C=O) groups is 1. The van der Waals surface area contributed by atoms with Gasteiger partial charge in [-0.1, -0.05) is 20.8 Å². The minimum absolute atomic E-state index is 0.0669. The van der Waals surface area contributed by atoms with Gasteiger partial charge in [0.05, 0.1) is 24.0 Å². The fourth-order valence-electron chi connectivity index (χ4n) is 1.87. The lowest BCUT2D eigenvalue weighted by Gasteiger charge is -2.30. The second-order valence-corrected chi connectivity index (χ2v) is 4.72. The van der Waals surface area contributed by atoms with E-state index in [2.05, 4.69) is 22.7 Å². The van der Waals surface area contributed by atoms with Gasteiger partial charge in [-0.15, -0.1) is 0 Å². The molecular formula is C13H24N4O2. The van der Waals surface area contributed by atoms with Gasteiger partial charge in [-0.05, 0) is 19.3 Å². The molecule has 0 spiro atoms. The summed E-state index contributed by atoms with van der Waals surface area (Å²) in [5, 5.41) is 19.1. The summed E-state index contributed by atoms with van der Waals surface area (Å²) in [5.41, 5.74) is 0.105. The van der Waals surface area contributed by atoms with Crippen molar-refractivity contribution in [3.8, 4) is 0 Å². The van der Waals surface area contributed by atoms with Crippen LogP contribution in [0.2, 0.25) is 0 Å². The Morgan fingerprint density at radius 1 is 1.42 bits per heavy atom. The Hall–Kier alpha value is -1.56. The number of amides is 2. The molecule has 0 aromatic carbocycles.